The van der Waals surface area contributed by atoms with Crippen LogP contribution >= 0.6 is 7.14 Å². The van der Waals surface area contributed by atoms with E-state index in [1.54, 1.807) is 0 Å². The Balaban J connectivity index is 3.32. The zero-order valence-electron chi connectivity index (χ0n) is 20.9. The predicted octanol–water partition coefficient (Wildman–Crippen LogP) is 8.26. The zero-order valence-corrected chi connectivity index (χ0v) is 21.8. The van der Waals surface area contributed by atoms with E-state index in [1.807, 2.05) is 32.9 Å². The van der Waals surface area contributed by atoms with Gasteiger partial charge in [-0.15, -0.1) is 0 Å². The van der Waals surface area contributed by atoms with Crippen LogP contribution in [0.3, 0.4) is 0 Å². The highest BCUT2D eigenvalue weighted by molar-refractivity contribution is 7.81. The van der Waals surface area contributed by atoms with Crippen LogP contribution < -0.4 is 0 Å². The fourth-order valence-corrected chi connectivity index (χ4v) is 8.70. The van der Waals surface area contributed by atoms with E-state index >= 15 is 0 Å². The predicted molar refractivity (Wildman–Crippen MR) is 129 cm³/mol. The number of rotatable bonds is 8. The molecule has 0 N–H and O–H groups in total. The average Bonchev–Trinajstić information content (AvgIpc) is 2.40. The topological polar surface area (TPSA) is 34.1 Å². The third-order valence-electron chi connectivity index (χ3n) is 5.40. The smallest absolute Gasteiger partial charge is 0.221 e. The summed E-state index contributed by atoms with van der Waals surface area (Å²) >= 11 is 0. The average molecular weight is 421 g/mol. The van der Waals surface area contributed by atoms with E-state index < -0.39 is 7.14 Å². The van der Waals surface area contributed by atoms with Gasteiger partial charge in [0.1, 0.15) is 0 Å². The highest BCUT2D eigenvalue weighted by Gasteiger charge is 2.38. The fraction of sp³-hybridized carbons (Fsp3) is 0.731. The molecule has 0 aliphatic rings. The summed E-state index contributed by atoms with van der Waals surface area (Å²) in [6.07, 6.45) is 2.99. The lowest BCUT2D eigenvalue weighted by Gasteiger charge is -2.30. The van der Waals surface area contributed by atoms with Crippen molar-refractivity contribution in [2.75, 3.05) is 12.3 Å². The van der Waals surface area contributed by atoms with Gasteiger partial charge in [-0.25, -0.2) is 0 Å². The summed E-state index contributed by atoms with van der Waals surface area (Å²) in [7, 11) is -3.02. The molecule has 0 spiro atoms. The molecule has 2 atom stereocenters. The Kier molecular flexibility index (Phi) is 8.57. The Hall–Kier alpha value is -0.880. The lowest BCUT2D eigenvalue weighted by atomic mass is 9.86. The summed E-state index contributed by atoms with van der Waals surface area (Å²) < 4.78 is 14.3. The molecular weight excluding hydrogens is 375 g/mol. The summed E-state index contributed by atoms with van der Waals surface area (Å²) in [5.74, 6) is 0.523. The van der Waals surface area contributed by atoms with E-state index in [0.29, 0.717) is 17.9 Å². The fourth-order valence-electron chi connectivity index (χ4n) is 5.19. The molecule has 0 heterocycles. The van der Waals surface area contributed by atoms with Crippen molar-refractivity contribution in [2.45, 2.75) is 89.0 Å². The number of benzene rings is 1. The summed E-state index contributed by atoms with van der Waals surface area (Å²) in [5.41, 5.74) is 4.01. The van der Waals surface area contributed by atoms with Crippen LogP contribution in [0.15, 0.2) is 12.1 Å². The Morgan fingerprint density at radius 1 is 0.828 bits per heavy atom. The molecule has 0 radical (unpaired) electrons. The molecule has 2 nitrogen and oxygen atoms in total. The van der Waals surface area contributed by atoms with Gasteiger partial charge in [-0.3, -0.25) is 4.79 Å². The molecule has 0 aromatic heterocycles. The molecule has 166 valence electrons. The minimum absolute atomic E-state index is 0.0889. The number of hydrogen-bond acceptors (Lipinski definition) is 2. The quantitative estimate of drug-likeness (QED) is 0.397. The molecule has 1 rings (SSSR count). The molecule has 0 aliphatic heterocycles. The van der Waals surface area contributed by atoms with Gasteiger partial charge >= 0.3 is 0 Å². The van der Waals surface area contributed by atoms with Crippen LogP contribution in [-0.4, -0.2) is 17.8 Å². The van der Waals surface area contributed by atoms with E-state index in [0.717, 1.165) is 29.5 Å². The van der Waals surface area contributed by atoms with E-state index in [9.17, 15) is 9.36 Å². The van der Waals surface area contributed by atoms with Crippen molar-refractivity contribution >= 4 is 12.7 Å². The number of carbonyl (C=O) groups excluding carboxylic acids is 1. The molecular formula is C26H45O2P. The van der Waals surface area contributed by atoms with Crippen molar-refractivity contribution in [3.05, 3.63) is 34.4 Å². The first-order valence-corrected chi connectivity index (χ1v) is 13.2. The second-order valence-corrected chi connectivity index (χ2v) is 15.0. The van der Waals surface area contributed by atoms with Gasteiger partial charge in [0, 0.05) is 17.9 Å². The normalized spacial score (nSPS) is 16.9. The van der Waals surface area contributed by atoms with E-state index in [2.05, 4.69) is 55.4 Å². The molecule has 1 aromatic rings. The molecule has 0 bridgehead atoms. The van der Waals surface area contributed by atoms with Gasteiger partial charge in [-0.1, -0.05) is 73.1 Å². The van der Waals surface area contributed by atoms with Crippen molar-refractivity contribution in [3.8, 4) is 0 Å². The molecule has 29 heavy (non-hydrogen) atoms. The maximum Gasteiger partial charge on any atom is 0.221 e. The van der Waals surface area contributed by atoms with Crippen LogP contribution in [0.2, 0.25) is 0 Å². The van der Waals surface area contributed by atoms with Crippen LogP contribution in [0.4, 0.5) is 0 Å². The summed E-state index contributed by atoms with van der Waals surface area (Å²) in [6.45, 7) is 23.6. The molecule has 0 aliphatic carbocycles. The Labute approximate surface area is 180 Å². The third-order valence-corrected chi connectivity index (χ3v) is 8.79. The van der Waals surface area contributed by atoms with Crippen molar-refractivity contribution < 1.29 is 9.36 Å². The van der Waals surface area contributed by atoms with Gasteiger partial charge < -0.3 is 4.57 Å². The van der Waals surface area contributed by atoms with Gasteiger partial charge in [0.25, 0.3) is 0 Å². The lowest BCUT2D eigenvalue weighted by Crippen LogP contribution is -2.22. The molecule has 0 fully saturated rings. The van der Waals surface area contributed by atoms with Crippen molar-refractivity contribution in [2.24, 2.45) is 22.7 Å². The largest absolute Gasteiger partial charge is 0.315 e. The number of aryl methyl sites for hydroxylation is 3. The van der Waals surface area contributed by atoms with Gasteiger partial charge in [0.05, 0.1) is 0 Å². The van der Waals surface area contributed by atoms with Crippen molar-refractivity contribution in [1.29, 1.82) is 0 Å². The molecule has 3 heteroatoms. The second-order valence-electron chi connectivity index (χ2n) is 12.1. The summed E-state index contributed by atoms with van der Waals surface area (Å²) in [4.78, 5) is 13.8. The van der Waals surface area contributed by atoms with Crippen LogP contribution in [0.25, 0.3) is 0 Å². The first-order chi connectivity index (χ1) is 12.9. The summed E-state index contributed by atoms with van der Waals surface area (Å²) in [5, 5.41) is 0. The molecule has 0 saturated carbocycles. The third kappa shape index (κ3) is 8.41. The number of hydrogen-bond donors (Lipinski definition) is 0. The van der Waals surface area contributed by atoms with Crippen molar-refractivity contribution in [3.63, 3.8) is 0 Å². The Morgan fingerprint density at radius 2 is 1.17 bits per heavy atom. The van der Waals surface area contributed by atoms with E-state index in [4.69, 9.17) is 0 Å². The van der Waals surface area contributed by atoms with Crippen molar-refractivity contribution in [1.82, 2.24) is 0 Å². The Bertz CT molecular complexity index is 711. The second kappa shape index (κ2) is 9.51. The lowest BCUT2D eigenvalue weighted by molar-refractivity contribution is 0.107. The summed E-state index contributed by atoms with van der Waals surface area (Å²) in [6, 6.07) is 4.09. The van der Waals surface area contributed by atoms with Crippen LogP contribution in [0, 0.1) is 43.4 Å². The maximum absolute atomic E-state index is 14.3. The van der Waals surface area contributed by atoms with Crippen LogP contribution in [0.1, 0.15) is 95.3 Å². The SMILES string of the molecule is Cc1cc(C)c(C(=O)P(=O)(CC(C)CC(C)(C)C)CC(C)CC(C)(C)C)c(C)c1. The highest BCUT2D eigenvalue weighted by Crippen LogP contribution is 2.54. The van der Waals surface area contributed by atoms with Crippen LogP contribution in [-0.2, 0) is 4.57 Å². The van der Waals surface area contributed by atoms with Gasteiger partial charge in [0.15, 0.2) is 7.14 Å². The molecule has 0 saturated heterocycles. The Morgan fingerprint density at radius 3 is 1.48 bits per heavy atom. The number of carbonyl (C=O) groups is 1. The molecule has 1 aromatic carbocycles. The van der Waals surface area contributed by atoms with Gasteiger partial charge in [0.2, 0.25) is 5.52 Å². The standard InChI is InChI=1S/C26H45O2P/c1-18-12-21(4)23(22(5)13-18)24(27)29(28,16-19(2)14-25(6,7)8)17-20(3)15-26(9,10)11/h12-13,19-20H,14-17H2,1-11H3. The van der Waals surface area contributed by atoms with E-state index in [1.165, 1.54) is 0 Å². The first-order valence-electron chi connectivity index (χ1n) is 11.1. The van der Waals surface area contributed by atoms with Gasteiger partial charge in [-0.05, 0) is 67.4 Å². The minimum Gasteiger partial charge on any atom is -0.315 e. The monoisotopic (exact) mass is 420 g/mol. The van der Waals surface area contributed by atoms with E-state index in [-0.39, 0.29) is 28.2 Å². The van der Waals surface area contributed by atoms with Gasteiger partial charge in [-0.2, -0.15) is 0 Å². The first kappa shape index (κ1) is 26.2. The van der Waals surface area contributed by atoms with Crippen LogP contribution in [0.5, 0.6) is 0 Å². The zero-order chi connectivity index (χ0) is 22.8. The molecule has 2 unspecified atom stereocenters. The minimum atomic E-state index is -3.02. The highest BCUT2D eigenvalue weighted by atomic mass is 31.2. The maximum atomic E-state index is 14.3. The molecule has 0 amide bonds.